The second-order valence-electron chi connectivity index (χ2n) is 7.83. The number of carbonyl (C=O) groups excluding carboxylic acids is 2. The van der Waals surface area contributed by atoms with Gasteiger partial charge in [0.15, 0.2) is 5.78 Å². The summed E-state index contributed by atoms with van der Waals surface area (Å²) in [6, 6.07) is 0. The first-order valence-corrected chi connectivity index (χ1v) is 9.64. The quantitative estimate of drug-likeness (QED) is 0.649. The van der Waals surface area contributed by atoms with E-state index >= 15 is 0 Å². The molecule has 25 heavy (non-hydrogen) atoms. The minimum atomic E-state index is 0.0452. The highest BCUT2D eigenvalue weighted by molar-refractivity contribution is 6.02. The Balaban J connectivity index is 1.89. The predicted molar refractivity (Wildman–Crippen MR) is 100 cm³/mol. The minimum Gasteiger partial charge on any atom is -0.354 e. The highest BCUT2D eigenvalue weighted by atomic mass is 16.2. The van der Waals surface area contributed by atoms with Gasteiger partial charge in [0.1, 0.15) is 5.69 Å². The van der Waals surface area contributed by atoms with Crippen molar-refractivity contribution in [1.82, 2.24) is 9.88 Å². The van der Waals surface area contributed by atoms with Crippen molar-refractivity contribution in [1.29, 1.82) is 0 Å². The maximum Gasteiger partial charge on any atom is 0.270 e. The normalized spacial score (nSPS) is 23.2. The molecule has 1 spiro atoms. The molecule has 4 heteroatoms. The summed E-state index contributed by atoms with van der Waals surface area (Å²) >= 11 is 0. The molecule has 1 aromatic rings. The number of nitrogens with one attached hydrogen (secondary N) is 1. The lowest BCUT2D eigenvalue weighted by Crippen LogP contribution is -2.46. The van der Waals surface area contributed by atoms with Crippen LogP contribution < -0.4 is 0 Å². The van der Waals surface area contributed by atoms with E-state index in [1.165, 1.54) is 12.8 Å². The van der Waals surface area contributed by atoms with Crippen molar-refractivity contribution < 1.29 is 9.59 Å². The van der Waals surface area contributed by atoms with Crippen LogP contribution in [0, 0.1) is 12.3 Å². The number of piperidine rings is 1. The van der Waals surface area contributed by atoms with Gasteiger partial charge in [0.25, 0.3) is 5.91 Å². The third-order valence-corrected chi connectivity index (χ3v) is 5.86. The fourth-order valence-corrected chi connectivity index (χ4v) is 4.69. The molecule has 0 aromatic carbocycles. The van der Waals surface area contributed by atoms with Gasteiger partial charge in [0, 0.05) is 24.3 Å². The molecule has 0 bridgehead atoms. The highest BCUT2D eigenvalue weighted by Crippen LogP contribution is 2.41. The number of carbonyl (C=O) groups is 2. The monoisotopic (exact) mass is 342 g/mol. The molecule has 1 saturated heterocycles. The first-order chi connectivity index (χ1) is 12.0. The molecule has 1 atom stereocenters. The van der Waals surface area contributed by atoms with E-state index in [1.54, 1.807) is 6.92 Å². The molecule has 3 rings (SSSR count). The lowest BCUT2D eigenvalue weighted by atomic mass is 9.71. The van der Waals surface area contributed by atoms with E-state index in [4.69, 9.17) is 0 Å². The van der Waals surface area contributed by atoms with Crippen molar-refractivity contribution in [2.24, 2.45) is 5.41 Å². The van der Waals surface area contributed by atoms with Crippen LogP contribution in [0.25, 0.3) is 0 Å². The zero-order valence-corrected chi connectivity index (χ0v) is 15.8. The van der Waals surface area contributed by atoms with E-state index in [9.17, 15) is 9.59 Å². The first kappa shape index (κ1) is 18.0. The van der Waals surface area contributed by atoms with Crippen LogP contribution in [0.4, 0.5) is 0 Å². The Labute approximate surface area is 150 Å². The summed E-state index contributed by atoms with van der Waals surface area (Å²) in [6.45, 7) is 7.24. The number of hydrogen-bond donors (Lipinski definition) is 1. The standard InChI is InChI=1S/C21H30N2O2/c1-4-9-17-18(16(3)24)15(2)22-19(17)20(25)23-13-8-12-21(14-23)10-6-5-7-11-21/h5-6,22H,4,7-14H2,1-3H3. The number of allylic oxidation sites excluding steroid dienone is 2. The molecule has 2 aliphatic rings. The van der Waals surface area contributed by atoms with Gasteiger partial charge in [-0.25, -0.2) is 0 Å². The van der Waals surface area contributed by atoms with Gasteiger partial charge in [0.05, 0.1) is 0 Å². The van der Waals surface area contributed by atoms with Crippen LogP contribution in [-0.4, -0.2) is 34.7 Å². The van der Waals surface area contributed by atoms with Crippen LogP contribution in [0.2, 0.25) is 0 Å². The molecule has 1 fully saturated rings. The van der Waals surface area contributed by atoms with Gasteiger partial charge < -0.3 is 9.88 Å². The molecule has 1 aromatic heterocycles. The second-order valence-corrected chi connectivity index (χ2v) is 7.83. The van der Waals surface area contributed by atoms with Gasteiger partial charge in [-0.2, -0.15) is 0 Å². The van der Waals surface area contributed by atoms with Gasteiger partial charge in [-0.05, 0) is 63.4 Å². The summed E-state index contributed by atoms with van der Waals surface area (Å²) in [4.78, 5) is 30.6. The lowest BCUT2D eigenvalue weighted by Gasteiger charge is -2.43. The average molecular weight is 342 g/mol. The predicted octanol–water partition coefficient (Wildman–Crippen LogP) is 4.44. The Bertz CT molecular complexity index is 701. The summed E-state index contributed by atoms with van der Waals surface area (Å²) in [6.07, 6.45) is 11.9. The molecule has 1 N–H and O–H groups in total. The average Bonchev–Trinajstić information content (AvgIpc) is 2.91. The van der Waals surface area contributed by atoms with Crippen molar-refractivity contribution in [3.8, 4) is 0 Å². The molecule has 1 aliphatic heterocycles. The number of aromatic amines is 1. The molecule has 0 saturated carbocycles. The number of amides is 1. The topological polar surface area (TPSA) is 53.2 Å². The third kappa shape index (κ3) is 3.44. The van der Waals surface area contributed by atoms with Crippen LogP contribution in [0.5, 0.6) is 0 Å². The second kappa shape index (κ2) is 7.19. The summed E-state index contributed by atoms with van der Waals surface area (Å²) < 4.78 is 0. The Kier molecular flexibility index (Phi) is 5.16. The van der Waals surface area contributed by atoms with Crippen molar-refractivity contribution in [3.63, 3.8) is 0 Å². The van der Waals surface area contributed by atoms with Crippen molar-refractivity contribution in [2.45, 2.75) is 65.7 Å². The molecule has 1 amide bonds. The van der Waals surface area contributed by atoms with E-state index in [2.05, 4.69) is 24.1 Å². The van der Waals surface area contributed by atoms with E-state index in [-0.39, 0.29) is 17.1 Å². The zero-order chi connectivity index (χ0) is 18.0. The first-order valence-electron chi connectivity index (χ1n) is 9.64. The highest BCUT2D eigenvalue weighted by Gasteiger charge is 2.38. The van der Waals surface area contributed by atoms with Crippen LogP contribution in [-0.2, 0) is 6.42 Å². The number of aryl methyl sites for hydroxylation is 1. The summed E-state index contributed by atoms with van der Waals surface area (Å²) in [5.74, 6) is 0.122. The van der Waals surface area contributed by atoms with E-state index in [1.807, 2.05) is 11.8 Å². The molecule has 1 unspecified atom stereocenters. The molecule has 2 heterocycles. The Morgan fingerprint density at radius 3 is 2.72 bits per heavy atom. The van der Waals surface area contributed by atoms with Crippen molar-refractivity contribution in [2.75, 3.05) is 13.1 Å². The third-order valence-electron chi connectivity index (χ3n) is 5.86. The largest absolute Gasteiger partial charge is 0.354 e. The van der Waals surface area contributed by atoms with Gasteiger partial charge in [-0.15, -0.1) is 0 Å². The molecule has 0 radical (unpaired) electrons. The van der Waals surface area contributed by atoms with Gasteiger partial charge >= 0.3 is 0 Å². The number of H-pyrrole nitrogens is 1. The van der Waals surface area contributed by atoms with Crippen LogP contribution in [0.1, 0.15) is 84.5 Å². The zero-order valence-electron chi connectivity index (χ0n) is 15.8. The maximum absolute atomic E-state index is 13.3. The maximum atomic E-state index is 13.3. The van der Waals surface area contributed by atoms with Crippen molar-refractivity contribution in [3.05, 3.63) is 34.7 Å². The number of likely N-dealkylation sites (tertiary alicyclic amines) is 1. The van der Waals surface area contributed by atoms with Crippen LogP contribution >= 0.6 is 0 Å². The van der Waals surface area contributed by atoms with Crippen LogP contribution in [0.15, 0.2) is 12.2 Å². The van der Waals surface area contributed by atoms with Gasteiger partial charge in [0.2, 0.25) is 0 Å². The van der Waals surface area contributed by atoms with Crippen LogP contribution in [0.3, 0.4) is 0 Å². The number of nitrogens with zero attached hydrogens (tertiary/aromatic N) is 1. The molecular formula is C21H30N2O2. The Morgan fingerprint density at radius 1 is 1.28 bits per heavy atom. The fraction of sp³-hybridized carbons (Fsp3) is 0.619. The SMILES string of the molecule is CCCc1c(C(=O)N2CCCC3(CC=CCC3)C2)[nH]c(C)c1C(C)=O. The molecule has 4 nitrogen and oxygen atoms in total. The lowest BCUT2D eigenvalue weighted by molar-refractivity contribution is 0.0478. The van der Waals surface area contributed by atoms with Gasteiger partial charge in [-0.1, -0.05) is 25.5 Å². The summed E-state index contributed by atoms with van der Waals surface area (Å²) in [5.41, 5.74) is 3.37. The van der Waals surface area contributed by atoms with E-state index < -0.39 is 0 Å². The smallest absolute Gasteiger partial charge is 0.270 e. The number of hydrogen-bond acceptors (Lipinski definition) is 2. The number of ketones is 1. The number of rotatable bonds is 4. The molecular weight excluding hydrogens is 312 g/mol. The van der Waals surface area contributed by atoms with E-state index in [0.29, 0.717) is 5.69 Å². The van der Waals surface area contributed by atoms with Crippen molar-refractivity contribution >= 4 is 11.7 Å². The molecule has 136 valence electrons. The Hall–Kier alpha value is -1.84. The summed E-state index contributed by atoms with van der Waals surface area (Å²) in [7, 11) is 0. The molecule has 1 aliphatic carbocycles. The minimum absolute atomic E-state index is 0.0452. The van der Waals surface area contributed by atoms with Gasteiger partial charge in [-0.3, -0.25) is 9.59 Å². The number of Topliss-reactive ketones (excluding diaryl/α,β-unsaturated/α-hetero) is 1. The fourth-order valence-electron chi connectivity index (χ4n) is 4.69. The Morgan fingerprint density at radius 2 is 2.08 bits per heavy atom. The van der Waals surface area contributed by atoms with E-state index in [0.717, 1.165) is 62.0 Å². The summed E-state index contributed by atoms with van der Waals surface area (Å²) in [5, 5.41) is 0. The number of aromatic nitrogens is 1.